The number of nitrogens with one attached hydrogen (secondary N) is 1. The summed E-state index contributed by atoms with van der Waals surface area (Å²) in [5.41, 5.74) is 3.50. The average molecular weight is 486 g/mol. The van der Waals surface area contributed by atoms with Gasteiger partial charge < -0.3 is 15.2 Å². The topological polar surface area (TPSA) is 136 Å². The standard InChI is InChI=1S/C26H23N5O5/c32-23(22(15-24(33)34)27-26(35)36-17-18-7-3-1-4-8-18)16-31-25(28-29-30-31)21-13-11-20(12-14-21)19-9-5-2-6-10-19/h1-14,22H,15-17H2,(H,27,35)(H,33,34). The van der Waals surface area contributed by atoms with E-state index in [0.717, 1.165) is 16.7 Å². The number of nitrogens with zero attached hydrogens (tertiary/aromatic N) is 4. The maximum absolute atomic E-state index is 12.9. The number of tetrazole rings is 1. The van der Waals surface area contributed by atoms with E-state index in [1.807, 2.05) is 60.7 Å². The Morgan fingerprint density at radius 2 is 1.47 bits per heavy atom. The van der Waals surface area contributed by atoms with Crippen LogP contribution in [0.4, 0.5) is 4.79 Å². The third-order valence-corrected chi connectivity index (χ3v) is 5.36. The first-order valence-electron chi connectivity index (χ1n) is 11.1. The largest absolute Gasteiger partial charge is 0.481 e. The minimum absolute atomic E-state index is 0.0171. The monoisotopic (exact) mass is 485 g/mol. The van der Waals surface area contributed by atoms with Gasteiger partial charge >= 0.3 is 12.1 Å². The second-order valence-electron chi connectivity index (χ2n) is 7.93. The number of aromatic nitrogens is 4. The molecule has 3 aromatic carbocycles. The second-order valence-corrected chi connectivity index (χ2v) is 7.93. The molecule has 4 rings (SSSR count). The number of hydrogen-bond donors (Lipinski definition) is 2. The summed E-state index contributed by atoms with van der Waals surface area (Å²) >= 11 is 0. The highest BCUT2D eigenvalue weighted by molar-refractivity contribution is 5.90. The number of ketones is 1. The third kappa shape index (κ3) is 6.38. The first-order chi connectivity index (χ1) is 17.5. The molecule has 2 N–H and O–H groups in total. The van der Waals surface area contributed by atoms with Crippen molar-refractivity contribution in [2.45, 2.75) is 25.6 Å². The lowest BCUT2D eigenvalue weighted by molar-refractivity contribution is -0.139. The number of carbonyl (C=O) groups is 3. The Balaban J connectivity index is 1.43. The highest BCUT2D eigenvalue weighted by Gasteiger charge is 2.26. The predicted molar refractivity (Wildman–Crippen MR) is 129 cm³/mol. The maximum atomic E-state index is 12.9. The molecule has 182 valence electrons. The molecular weight excluding hydrogens is 462 g/mol. The van der Waals surface area contributed by atoms with Crippen molar-refractivity contribution >= 4 is 17.8 Å². The van der Waals surface area contributed by atoms with Crippen molar-refractivity contribution in [3.63, 3.8) is 0 Å². The number of benzene rings is 3. The minimum Gasteiger partial charge on any atom is -0.481 e. The third-order valence-electron chi connectivity index (χ3n) is 5.36. The molecule has 10 nitrogen and oxygen atoms in total. The van der Waals surface area contributed by atoms with Crippen LogP contribution in [0.3, 0.4) is 0 Å². The van der Waals surface area contributed by atoms with Crippen molar-refractivity contribution in [2.24, 2.45) is 0 Å². The lowest BCUT2D eigenvalue weighted by atomic mass is 10.0. The summed E-state index contributed by atoms with van der Waals surface area (Å²) in [6.07, 6.45) is -1.51. The molecule has 36 heavy (non-hydrogen) atoms. The number of ether oxygens (including phenoxy) is 1. The van der Waals surface area contributed by atoms with Crippen LogP contribution in [0.15, 0.2) is 84.9 Å². The lowest BCUT2D eigenvalue weighted by Gasteiger charge is -2.16. The van der Waals surface area contributed by atoms with E-state index in [1.54, 1.807) is 24.3 Å². The van der Waals surface area contributed by atoms with Gasteiger partial charge in [0.05, 0.1) is 6.42 Å². The van der Waals surface area contributed by atoms with Crippen LogP contribution in [0.2, 0.25) is 0 Å². The fourth-order valence-electron chi connectivity index (χ4n) is 3.55. The number of carboxylic acid groups (broad SMARTS) is 1. The predicted octanol–water partition coefficient (Wildman–Crippen LogP) is 3.35. The molecule has 10 heteroatoms. The van der Waals surface area contributed by atoms with Crippen molar-refractivity contribution in [2.75, 3.05) is 0 Å². The Morgan fingerprint density at radius 1 is 0.861 bits per heavy atom. The van der Waals surface area contributed by atoms with E-state index in [9.17, 15) is 19.5 Å². The van der Waals surface area contributed by atoms with Crippen molar-refractivity contribution in [1.82, 2.24) is 25.5 Å². The average Bonchev–Trinajstić information content (AvgIpc) is 3.36. The van der Waals surface area contributed by atoms with Crippen LogP contribution in [0.5, 0.6) is 0 Å². The van der Waals surface area contributed by atoms with Gasteiger partial charge in [-0.15, -0.1) is 5.10 Å². The summed E-state index contributed by atoms with van der Waals surface area (Å²) in [5, 5.41) is 23.1. The summed E-state index contributed by atoms with van der Waals surface area (Å²) in [6, 6.07) is 25.0. The van der Waals surface area contributed by atoms with Gasteiger partial charge in [0.1, 0.15) is 19.2 Å². The van der Waals surface area contributed by atoms with Crippen LogP contribution in [0.25, 0.3) is 22.5 Å². The van der Waals surface area contributed by atoms with E-state index < -0.39 is 30.3 Å². The maximum Gasteiger partial charge on any atom is 0.408 e. The number of carbonyl (C=O) groups excluding carboxylic acids is 2. The molecule has 1 unspecified atom stereocenters. The Kier molecular flexibility index (Phi) is 7.76. The fraction of sp³-hybridized carbons (Fsp3) is 0.154. The van der Waals surface area contributed by atoms with Crippen LogP contribution in [0, 0.1) is 0 Å². The normalized spacial score (nSPS) is 11.4. The number of Topliss-reactive ketones (excluding diaryl/α,β-unsaturated/α-hetero) is 1. The molecule has 0 spiro atoms. The molecule has 0 fully saturated rings. The van der Waals surface area contributed by atoms with Gasteiger partial charge in [-0.25, -0.2) is 9.48 Å². The number of hydrogen-bond acceptors (Lipinski definition) is 7. The molecule has 0 saturated heterocycles. The Morgan fingerprint density at radius 3 is 2.14 bits per heavy atom. The zero-order valence-corrected chi connectivity index (χ0v) is 19.2. The number of aliphatic carboxylic acids is 1. The number of carboxylic acids is 1. The quantitative estimate of drug-likeness (QED) is 0.349. The van der Waals surface area contributed by atoms with Crippen molar-refractivity contribution in [1.29, 1.82) is 0 Å². The van der Waals surface area contributed by atoms with Crippen molar-refractivity contribution < 1.29 is 24.2 Å². The summed E-state index contributed by atoms with van der Waals surface area (Å²) in [7, 11) is 0. The molecule has 1 heterocycles. The molecule has 0 radical (unpaired) electrons. The number of rotatable bonds is 10. The zero-order chi connectivity index (χ0) is 25.3. The van der Waals surface area contributed by atoms with E-state index in [2.05, 4.69) is 20.8 Å². The van der Waals surface area contributed by atoms with Gasteiger partial charge in [-0.2, -0.15) is 0 Å². The SMILES string of the molecule is O=C(O)CC(NC(=O)OCc1ccccc1)C(=O)Cn1nnnc1-c1ccc(-c2ccccc2)cc1. The smallest absolute Gasteiger partial charge is 0.408 e. The first-order valence-corrected chi connectivity index (χ1v) is 11.1. The lowest BCUT2D eigenvalue weighted by Crippen LogP contribution is -2.44. The highest BCUT2D eigenvalue weighted by Crippen LogP contribution is 2.23. The Bertz CT molecular complexity index is 1320. The van der Waals surface area contributed by atoms with Gasteiger partial charge in [-0.1, -0.05) is 84.9 Å². The molecule has 0 bridgehead atoms. The summed E-state index contributed by atoms with van der Waals surface area (Å²) in [5.74, 6) is -1.49. The van der Waals surface area contributed by atoms with Crippen LogP contribution in [0.1, 0.15) is 12.0 Å². The summed E-state index contributed by atoms with van der Waals surface area (Å²) < 4.78 is 6.39. The van der Waals surface area contributed by atoms with Gasteiger partial charge in [0.25, 0.3) is 0 Å². The van der Waals surface area contributed by atoms with Crippen LogP contribution < -0.4 is 5.32 Å². The van der Waals surface area contributed by atoms with Crippen LogP contribution in [-0.4, -0.2) is 49.2 Å². The van der Waals surface area contributed by atoms with Gasteiger partial charge in [-0.05, 0) is 27.1 Å². The Labute approximate surface area is 206 Å². The van der Waals surface area contributed by atoms with Crippen molar-refractivity contribution in [3.05, 3.63) is 90.5 Å². The molecule has 0 aliphatic rings. The van der Waals surface area contributed by atoms with Crippen LogP contribution in [-0.2, 0) is 27.5 Å². The molecule has 4 aromatic rings. The van der Waals surface area contributed by atoms with Gasteiger partial charge in [0, 0.05) is 5.56 Å². The van der Waals surface area contributed by atoms with E-state index >= 15 is 0 Å². The molecular formula is C26H23N5O5. The molecule has 1 atom stereocenters. The van der Waals surface area contributed by atoms with Crippen LogP contribution >= 0.6 is 0 Å². The van der Waals surface area contributed by atoms with E-state index in [4.69, 9.17) is 4.74 Å². The Hall–Kier alpha value is -4.86. The van der Waals surface area contributed by atoms with Gasteiger partial charge in [0.15, 0.2) is 11.6 Å². The minimum atomic E-state index is -1.32. The first kappa shape index (κ1) is 24.3. The highest BCUT2D eigenvalue weighted by atomic mass is 16.5. The fourth-order valence-corrected chi connectivity index (χ4v) is 3.55. The second kappa shape index (κ2) is 11.5. The zero-order valence-electron chi connectivity index (χ0n) is 19.2. The van der Waals surface area contributed by atoms with E-state index in [0.29, 0.717) is 11.4 Å². The van der Waals surface area contributed by atoms with E-state index in [1.165, 1.54) is 4.68 Å². The molecule has 1 aromatic heterocycles. The molecule has 0 aliphatic heterocycles. The molecule has 1 amide bonds. The number of alkyl carbamates (subject to hydrolysis) is 1. The molecule has 0 aliphatic carbocycles. The summed E-state index contributed by atoms with van der Waals surface area (Å²) in [4.78, 5) is 36.5. The van der Waals surface area contributed by atoms with Gasteiger partial charge in [-0.3, -0.25) is 9.59 Å². The van der Waals surface area contributed by atoms with Crippen molar-refractivity contribution in [3.8, 4) is 22.5 Å². The molecule has 0 saturated carbocycles. The summed E-state index contributed by atoms with van der Waals surface area (Å²) in [6.45, 7) is -0.351. The van der Waals surface area contributed by atoms with E-state index in [-0.39, 0.29) is 13.2 Å². The number of amides is 1. The van der Waals surface area contributed by atoms with Gasteiger partial charge in [0.2, 0.25) is 0 Å².